The lowest BCUT2D eigenvalue weighted by molar-refractivity contribution is 0.102. The smallest absolute Gasteiger partial charge is 0.255 e. The first-order valence-electron chi connectivity index (χ1n) is 8.59. The van der Waals surface area contributed by atoms with Gasteiger partial charge in [0.25, 0.3) is 5.91 Å². The van der Waals surface area contributed by atoms with Gasteiger partial charge in [-0.05, 0) is 69.0 Å². The first-order valence-corrected chi connectivity index (χ1v) is 10.4. The first-order chi connectivity index (χ1) is 12.1. The van der Waals surface area contributed by atoms with Crippen molar-refractivity contribution in [1.82, 2.24) is 0 Å². The summed E-state index contributed by atoms with van der Waals surface area (Å²) >= 11 is 0. The van der Waals surface area contributed by atoms with Crippen LogP contribution in [0.25, 0.3) is 0 Å². The van der Waals surface area contributed by atoms with Crippen LogP contribution in [-0.2, 0) is 16.4 Å². The van der Waals surface area contributed by atoms with Crippen LogP contribution in [0, 0.1) is 20.8 Å². The second kappa shape index (κ2) is 6.43. The number of sulfonamides is 1. The minimum Gasteiger partial charge on any atom is -0.322 e. The second-order valence-electron chi connectivity index (χ2n) is 7.18. The molecule has 1 amide bonds. The molecule has 1 heterocycles. The number of rotatable bonds is 3. The summed E-state index contributed by atoms with van der Waals surface area (Å²) in [6.45, 7) is 7.86. The van der Waals surface area contributed by atoms with Crippen LogP contribution in [0.15, 0.2) is 30.3 Å². The molecule has 2 aromatic carbocycles. The highest BCUT2D eigenvalue weighted by atomic mass is 32.2. The van der Waals surface area contributed by atoms with E-state index in [1.165, 1.54) is 10.6 Å². The van der Waals surface area contributed by atoms with E-state index in [9.17, 15) is 13.2 Å². The molecule has 5 nitrogen and oxygen atoms in total. The summed E-state index contributed by atoms with van der Waals surface area (Å²) in [5, 5.41) is 3.00. The van der Waals surface area contributed by atoms with Gasteiger partial charge in [-0.25, -0.2) is 8.42 Å². The minimum atomic E-state index is -3.33. The number of anilines is 2. The Morgan fingerprint density at radius 2 is 1.73 bits per heavy atom. The zero-order chi connectivity index (χ0) is 19.2. The maximum Gasteiger partial charge on any atom is 0.255 e. The van der Waals surface area contributed by atoms with E-state index in [2.05, 4.69) is 5.32 Å². The van der Waals surface area contributed by atoms with Crippen LogP contribution in [0.5, 0.6) is 0 Å². The molecule has 0 saturated carbocycles. The Hall–Kier alpha value is -2.34. The number of hydrogen-bond donors (Lipinski definition) is 1. The Kier molecular flexibility index (Phi) is 4.56. The number of hydrogen-bond acceptors (Lipinski definition) is 3. The largest absolute Gasteiger partial charge is 0.322 e. The number of amides is 1. The van der Waals surface area contributed by atoms with Gasteiger partial charge in [-0.2, -0.15) is 0 Å². The van der Waals surface area contributed by atoms with E-state index in [4.69, 9.17) is 0 Å². The van der Waals surface area contributed by atoms with Crippen LogP contribution < -0.4 is 9.62 Å². The lowest BCUT2D eigenvalue weighted by atomic mass is 10.0. The number of nitrogens with zero attached hydrogens (tertiary/aromatic N) is 1. The average Bonchev–Trinajstić information content (AvgIpc) is 2.85. The normalized spacial score (nSPS) is 16.5. The highest BCUT2D eigenvalue weighted by Gasteiger charge is 2.32. The molecule has 138 valence electrons. The summed E-state index contributed by atoms with van der Waals surface area (Å²) < 4.78 is 25.5. The van der Waals surface area contributed by atoms with Crippen molar-refractivity contribution in [2.45, 2.75) is 40.2 Å². The number of aryl methyl sites for hydroxylation is 3. The van der Waals surface area contributed by atoms with Gasteiger partial charge in [0.15, 0.2) is 0 Å². The van der Waals surface area contributed by atoms with Crippen molar-refractivity contribution < 1.29 is 13.2 Å². The van der Waals surface area contributed by atoms with Crippen molar-refractivity contribution in [3.8, 4) is 0 Å². The number of carbonyl (C=O) groups is 1. The van der Waals surface area contributed by atoms with Crippen LogP contribution in [0.1, 0.15) is 39.5 Å². The quantitative estimate of drug-likeness (QED) is 0.896. The van der Waals surface area contributed by atoms with E-state index in [-0.39, 0.29) is 11.9 Å². The second-order valence-corrected chi connectivity index (χ2v) is 9.04. The molecule has 6 heteroatoms. The third-order valence-corrected chi connectivity index (χ3v) is 6.04. The van der Waals surface area contributed by atoms with E-state index in [0.29, 0.717) is 17.7 Å². The highest BCUT2D eigenvalue weighted by Crippen LogP contribution is 2.35. The van der Waals surface area contributed by atoms with Gasteiger partial charge in [0.05, 0.1) is 11.9 Å². The third-order valence-electron chi connectivity index (χ3n) is 4.77. The van der Waals surface area contributed by atoms with Crippen molar-refractivity contribution in [3.63, 3.8) is 0 Å². The summed E-state index contributed by atoms with van der Waals surface area (Å²) in [6, 6.07) is 9.14. The molecule has 0 radical (unpaired) electrons. The molecular weight excluding hydrogens is 348 g/mol. The van der Waals surface area contributed by atoms with E-state index < -0.39 is 10.0 Å². The maximum absolute atomic E-state index is 12.7. The van der Waals surface area contributed by atoms with E-state index in [0.717, 1.165) is 27.9 Å². The van der Waals surface area contributed by atoms with Gasteiger partial charge in [0.1, 0.15) is 0 Å². The average molecular weight is 372 g/mol. The molecule has 0 unspecified atom stereocenters. The molecule has 1 aliphatic rings. The van der Waals surface area contributed by atoms with Gasteiger partial charge in [-0.1, -0.05) is 17.7 Å². The molecule has 0 bridgehead atoms. The van der Waals surface area contributed by atoms with Crippen LogP contribution in [0.4, 0.5) is 11.4 Å². The number of nitrogens with one attached hydrogen (secondary N) is 1. The van der Waals surface area contributed by atoms with Crippen LogP contribution >= 0.6 is 0 Å². The fourth-order valence-electron chi connectivity index (χ4n) is 3.81. The Morgan fingerprint density at radius 3 is 2.31 bits per heavy atom. The summed E-state index contributed by atoms with van der Waals surface area (Å²) in [7, 11) is -3.33. The fourth-order valence-corrected chi connectivity index (χ4v) is 5.08. The van der Waals surface area contributed by atoms with Gasteiger partial charge in [0.2, 0.25) is 10.0 Å². The molecular formula is C20H24N2O3S. The molecule has 0 aliphatic carbocycles. The lowest BCUT2D eigenvalue weighted by Crippen LogP contribution is -2.34. The monoisotopic (exact) mass is 372 g/mol. The van der Waals surface area contributed by atoms with Gasteiger partial charge in [-0.15, -0.1) is 0 Å². The number of fused-ring (bicyclic) bond motifs is 1. The fraction of sp³-hybridized carbons (Fsp3) is 0.350. The maximum atomic E-state index is 12.7. The molecule has 0 aromatic heterocycles. The standard InChI is InChI=1S/C20H24N2O3S/c1-12-8-13(2)19(14(3)9-12)21-20(23)16-6-7-18-17(11-16)10-15(4)22(18)26(5,24)25/h6-9,11,15H,10H2,1-5H3,(H,21,23)/t15-/m0/s1. The zero-order valence-corrected chi connectivity index (χ0v) is 16.6. The number of carbonyl (C=O) groups excluding carboxylic acids is 1. The van der Waals surface area contributed by atoms with E-state index in [1.807, 2.05) is 39.8 Å². The van der Waals surface area contributed by atoms with Crippen LogP contribution in [0.2, 0.25) is 0 Å². The molecule has 0 fully saturated rings. The molecule has 26 heavy (non-hydrogen) atoms. The Labute approximate surface area is 155 Å². The SMILES string of the molecule is Cc1cc(C)c(NC(=O)c2ccc3c(c2)C[C@H](C)N3S(C)(=O)=O)c(C)c1. The van der Waals surface area contributed by atoms with Gasteiger partial charge >= 0.3 is 0 Å². The predicted octanol–water partition coefficient (Wildman–Crippen LogP) is 3.57. The minimum absolute atomic E-state index is 0.139. The number of benzene rings is 2. The topological polar surface area (TPSA) is 66.5 Å². The molecule has 0 spiro atoms. The predicted molar refractivity (Wildman–Crippen MR) is 106 cm³/mol. The molecule has 0 saturated heterocycles. The zero-order valence-electron chi connectivity index (χ0n) is 15.8. The van der Waals surface area contributed by atoms with E-state index >= 15 is 0 Å². The van der Waals surface area contributed by atoms with Crippen molar-refractivity contribution in [2.75, 3.05) is 15.9 Å². The molecule has 3 rings (SSSR count). The summed E-state index contributed by atoms with van der Waals surface area (Å²) in [5.41, 5.74) is 6.11. The van der Waals surface area contributed by atoms with E-state index in [1.54, 1.807) is 18.2 Å². The molecule has 1 atom stereocenters. The molecule has 2 aromatic rings. The first kappa shape index (κ1) is 18.5. The van der Waals surface area contributed by atoms with Crippen molar-refractivity contribution >= 4 is 27.3 Å². The Morgan fingerprint density at radius 1 is 1.12 bits per heavy atom. The Balaban J connectivity index is 1.91. The van der Waals surface area contributed by atoms with Crippen LogP contribution in [-0.4, -0.2) is 26.6 Å². The highest BCUT2D eigenvalue weighted by molar-refractivity contribution is 7.92. The van der Waals surface area contributed by atoms with Crippen molar-refractivity contribution in [1.29, 1.82) is 0 Å². The lowest BCUT2D eigenvalue weighted by Gasteiger charge is -2.22. The van der Waals surface area contributed by atoms with Gasteiger partial charge in [-0.3, -0.25) is 9.10 Å². The van der Waals surface area contributed by atoms with Gasteiger partial charge in [0, 0.05) is 17.3 Å². The molecule has 1 aliphatic heterocycles. The summed E-state index contributed by atoms with van der Waals surface area (Å²) in [5.74, 6) is -0.187. The van der Waals surface area contributed by atoms with Crippen LogP contribution in [0.3, 0.4) is 0 Å². The summed E-state index contributed by atoms with van der Waals surface area (Å²) in [6.07, 6.45) is 1.81. The summed E-state index contributed by atoms with van der Waals surface area (Å²) in [4.78, 5) is 12.7. The molecule has 1 N–H and O–H groups in total. The van der Waals surface area contributed by atoms with Gasteiger partial charge < -0.3 is 5.32 Å². The third kappa shape index (κ3) is 3.33. The van der Waals surface area contributed by atoms with Crippen molar-refractivity contribution in [2.24, 2.45) is 0 Å². The van der Waals surface area contributed by atoms with Crippen molar-refractivity contribution in [3.05, 3.63) is 58.1 Å². The Bertz CT molecular complexity index is 973.